The Labute approximate surface area is 88.5 Å². The molecular formula is C12H25NO. The highest BCUT2D eigenvalue weighted by molar-refractivity contribution is 5.78. The van der Waals surface area contributed by atoms with Gasteiger partial charge in [0.05, 0.1) is 0 Å². The molecule has 0 aliphatic rings. The fourth-order valence-electron chi connectivity index (χ4n) is 1.71. The number of unbranched alkanes of at least 4 members (excludes halogenated alkanes) is 2. The first-order valence-corrected chi connectivity index (χ1v) is 6.03. The minimum absolute atomic E-state index is 0.255. The highest BCUT2D eigenvalue weighted by Gasteiger charge is 2.15. The van der Waals surface area contributed by atoms with Crippen LogP contribution in [0.3, 0.4) is 0 Å². The van der Waals surface area contributed by atoms with E-state index in [1.165, 1.54) is 19.3 Å². The van der Waals surface area contributed by atoms with Crippen molar-refractivity contribution >= 4 is 5.91 Å². The molecule has 1 atom stereocenters. The van der Waals surface area contributed by atoms with Crippen LogP contribution in [0.4, 0.5) is 0 Å². The standard InChI is InChI=1S/C12H25NO/c1-4-7-8-10-11(9-5-2)12(14)13-6-3/h11H,4-10H2,1-3H3,(H,13,14). The van der Waals surface area contributed by atoms with E-state index >= 15 is 0 Å². The molecule has 2 heteroatoms. The second-order valence-electron chi connectivity index (χ2n) is 3.88. The van der Waals surface area contributed by atoms with Gasteiger partial charge in [-0.25, -0.2) is 0 Å². The molecule has 1 N–H and O–H groups in total. The molecule has 0 spiro atoms. The van der Waals surface area contributed by atoms with Gasteiger partial charge in [-0.2, -0.15) is 0 Å². The summed E-state index contributed by atoms with van der Waals surface area (Å²) in [5.74, 6) is 0.511. The molecule has 14 heavy (non-hydrogen) atoms. The number of nitrogens with one attached hydrogen (secondary N) is 1. The maximum absolute atomic E-state index is 11.6. The smallest absolute Gasteiger partial charge is 0.223 e. The zero-order valence-corrected chi connectivity index (χ0v) is 9.94. The van der Waals surface area contributed by atoms with Crippen LogP contribution >= 0.6 is 0 Å². The van der Waals surface area contributed by atoms with Crippen molar-refractivity contribution in [1.82, 2.24) is 5.32 Å². The van der Waals surface area contributed by atoms with E-state index in [9.17, 15) is 4.79 Å². The van der Waals surface area contributed by atoms with Crippen LogP contribution in [0.5, 0.6) is 0 Å². The monoisotopic (exact) mass is 199 g/mol. The molecule has 2 nitrogen and oxygen atoms in total. The van der Waals surface area contributed by atoms with Crippen molar-refractivity contribution in [3.63, 3.8) is 0 Å². The molecule has 0 fully saturated rings. The Morgan fingerprint density at radius 2 is 1.79 bits per heavy atom. The Bertz CT molecular complexity index is 145. The third kappa shape index (κ3) is 6.01. The maximum atomic E-state index is 11.6. The SMILES string of the molecule is CCCCCC(CCC)C(=O)NCC. The minimum Gasteiger partial charge on any atom is -0.356 e. The highest BCUT2D eigenvalue weighted by atomic mass is 16.1. The molecule has 84 valence electrons. The Hall–Kier alpha value is -0.530. The molecule has 1 unspecified atom stereocenters. The lowest BCUT2D eigenvalue weighted by Crippen LogP contribution is -2.30. The summed E-state index contributed by atoms with van der Waals surface area (Å²) in [6.45, 7) is 7.08. The predicted octanol–water partition coefficient (Wildman–Crippen LogP) is 3.12. The van der Waals surface area contributed by atoms with Crippen molar-refractivity contribution in [1.29, 1.82) is 0 Å². The summed E-state index contributed by atoms with van der Waals surface area (Å²) in [5, 5.41) is 2.92. The van der Waals surface area contributed by atoms with Crippen LogP contribution in [0, 0.1) is 5.92 Å². The molecule has 0 heterocycles. The molecular weight excluding hydrogens is 174 g/mol. The lowest BCUT2D eigenvalue weighted by molar-refractivity contribution is -0.125. The predicted molar refractivity (Wildman–Crippen MR) is 61.2 cm³/mol. The summed E-state index contributed by atoms with van der Waals surface area (Å²) in [6, 6.07) is 0. The van der Waals surface area contributed by atoms with Crippen molar-refractivity contribution in [3.8, 4) is 0 Å². The number of carbonyl (C=O) groups excluding carboxylic acids is 1. The van der Waals surface area contributed by atoms with Crippen LogP contribution in [-0.2, 0) is 4.79 Å². The van der Waals surface area contributed by atoms with Crippen LogP contribution in [0.15, 0.2) is 0 Å². The number of amides is 1. The van der Waals surface area contributed by atoms with Crippen molar-refractivity contribution in [3.05, 3.63) is 0 Å². The quantitative estimate of drug-likeness (QED) is 0.598. The lowest BCUT2D eigenvalue weighted by atomic mass is 9.95. The van der Waals surface area contributed by atoms with Gasteiger partial charge in [-0.3, -0.25) is 4.79 Å². The van der Waals surface area contributed by atoms with Gasteiger partial charge < -0.3 is 5.32 Å². The van der Waals surface area contributed by atoms with Gasteiger partial charge in [-0.1, -0.05) is 39.5 Å². The van der Waals surface area contributed by atoms with E-state index in [-0.39, 0.29) is 11.8 Å². The molecule has 0 aromatic carbocycles. The van der Waals surface area contributed by atoms with E-state index in [4.69, 9.17) is 0 Å². The van der Waals surface area contributed by atoms with Crippen LogP contribution in [0.2, 0.25) is 0 Å². The minimum atomic E-state index is 0.255. The highest BCUT2D eigenvalue weighted by Crippen LogP contribution is 2.15. The van der Waals surface area contributed by atoms with E-state index in [2.05, 4.69) is 19.2 Å². The first kappa shape index (κ1) is 13.5. The molecule has 0 saturated carbocycles. The number of carbonyl (C=O) groups is 1. The van der Waals surface area contributed by atoms with Gasteiger partial charge in [0.2, 0.25) is 5.91 Å². The Morgan fingerprint density at radius 3 is 2.29 bits per heavy atom. The lowest BCUT2D eigenvalue weighted by Gasteiger charge is -2.14. The topological polar surface area (TPSA) is 29.1 Å². The van der Waals surface area contributed by atoms with Crippen LogP contribution < -0.4 is 5.32 Å². The summed E-state index contributed by atoms with van der Waals surface area (Å²) in [5.41, 5.74) is 0. The normalized spacial score (nSPS) is 12.5. The Morgan fingerprint density at radius 1 is 1.07 bits per heavy atom. The molecule has 0 bridgehead atoms. The number of hydrogen-bond acceptors (Lipinski definition) is 1. The van der Waals surface area contributed by atoms with E-state index in [0.29, 0.717) is 0 Å². The van der Waals surface area contributed by atoms with Gasteiger partial charge in [0, 0.05) is 12.5 Å². The summed E-state index contributed by atoms with van der Waals surface area (Å²) in [4.78, 5) is 11.6. The third-order valence-electron chi connectivity index (χ3n) is 2.52. The molecule has 0 rings (SSSR count). The van der Waals surface area contributed by atoms with Gasteiger partial charge in [-0.05, 0) is 19.8 Å². The fraction of sp³-hybridized carbons (Fsp3) is 0.917. The fourth-order valence-corrected chi connectivity index (χ4v) is 1.71. The van der Waals surface area contributed by atoms with Crippen molar-refractivity contribution in [2.24, 2.45) is 5.92 Å². The van der Waals surface area contributed by atoms with Crippen molar-refractivity contribution in [2.45, 2.75) is 59.3 Å². The molecule has 0 aliphatic heterocycles. The first-order chi connectivity index (χ1) is 6.76. The Balaban J connectivity index is 3.81. The second-order valence-corrected chi connectivity index (χ2v) is 3.88. The summed E-state index contributed by atoms with van der Waals surface area (Å²) in [6.07, 6.45) is 6.88. The summed E-state index contributed by atoms with van der Waals surface area (Å²) >= 11 is 0. The van der Waals surface area contributed by atoms with E-state index in [1.54, 1.807) is 0 Å². The molecule has 1 amide bonds. The average Bonchev–Trinajstić information content (AvgIpc) is 2.17. The molecule has 0 saturated heterocycles. The van der Waals surface area contributed by atoms with Gasteiger partial charge in [0.1, 0.15) is 0 Å². The molecule has 0 aromatic rings. The summed E-state index contributed by atoms with van der Waals surface area (Å²) in [7, 11) is 0. The first-order valence-electron chi connectivity index (χ1n) is 6.03. The maximum Gasteiger partial charge on any atom is 0.223 e. The Kier molecular flexibility index (Phi) is 8.70. The van der Waals surface area contributed by atoms with E-state index < -0.39 is 0 Å². The number of hydrogen-bond donors (Lipinski definition) is 1. The van der Waals surface area contributed by atoms with Gasteiger partial charge >= 0.3 is 0 Å². The summed E-state index contributed by atoms with van der Waals surface area (Å²) < 4.78 is 0. The largest absolute Gasteiger partial charge is 0.356 e. The molecule has 0 aromatic heterocycles. The van der Waals surface area contributed by atoms with Crippen molar-refractivity contribution in [2.75, 3.05) is 6.54 Å². The molecule has 0 aliphatic carbocycles. The zero-order valence-electron chi connectivity index (χ0n) is 9.94. The van der Waals surface area contributed by atoms with Gasteiger partial charge in [-0.15, -0.1) is 0 Å². The zero-order chi connectivity index (χ0) is 10.8. The molecule has 0 radical (unpaired) electrons. The van der Waals surface area contributed by atoms with E-state index in [0.717, 1.165) is 25.8 Å². The average molecular weight is 199 g/mol. The van der Waals surface area contributed by atoms with E-state index in [1.807, 2.05) is 6.92 Å². The second kappa shape index (κ2) is 9.04. The van der Waals surface area contributed by atoms with Crippen molar-refractivity contribution < 1.29 is 4.79 Å². The number of rotatable bonds is 8. The van der Waals surface area contributed by atoms with Crippen LogP contribution in [0.1, 0.15) is 59.3 Å². The van der Waals surface area contributed by atoms with Crippen LogP contribution in [0.25, 0.3) is 0 Å². The third-order valence-corrected chi connectivity index (χ3v) is 2.52. The van der Waals surface area contributed by atoms with Crippen LogP contribution in [-0.4, -0.2) is 12.5 Å². The van der Waals surface area contributed by atoms with Gasteiger partial charge in [0.15, 0.2) is 0 Å². The van der Waals surface area contributed by atoms with Gasteiger partial charge in [0.25, 0.3) is 0 Å².